The van der Waals surface area contributed by atoms with E-state index < -0.39 is 5.82 Å². The largest absolute Gasteiger partial charge is 0.485 e. The van der Waals surface area contributed by atoms with Gasteiger partial charge in [-0.25, -0.2) is 4.39 Å². The van der Waals surface area contributed by atoms with Gasteiger partial charge in [0.05, 0.1) is 11.3 Å². The van der Waals surface area contributed by atoms with Crippen molar-refractivity contribution in [2.45, 2.75) is 0 Å². The van der Waals surface area contributed by atoms with Crippen molar-refractivity contribution in [1.29, 1.82) is 0 Å². The lowest BCUT2D eigenvalue weighted by Crippen LogP contribution is -1.99. The van der Waals surface area contributed by atoms with Crippen molar-refractivity contribution >= 4 is 11.5 Å². The fraction of sp³-hybridized carbons (Fsp3) is 0.125. The lowest BCUT2D eigenvalue weighted by molar-refractivity contribution is 0.0961. The molecule has 0 aromatic heterocycles. The van der Waals surface area contributed by atoms with Crippen molar-refractivity contribution in [3.05, 3.63) is 23.5 Å². The molecule has 1 aromatic rings. The molecule has 0 aliphatic carbocycles. The van der Waals surface area contributed by atoms with Crippen molar-refractivity contribution in [2.75, 3.05) is 12.3 Å². The van der Waals surface area contributed by atoms with Gasteiger partial charge in [-0.1, -0.05) is 0 Å². The average molecular weight is 167 g/mol. The number of carbonyl (C=O) groups excluding carboxylic acids is 1. The van der Waals surface area contributed by atoms with Gasteiger partial charge in [0.25, 0.3) is 0 Å². The van der Waals surface area contributed by atoms with Crippen LogP contribution in [0.3, 0.4) is 0 Å². The number of ketones is 1. The van der Waals surface area contributed by atoms with Gasteiger partial charge in [0, 0.05) is 6.07 Å². The summed E-state index contributed by atoms with van der Waals surface area (Å²) in [5, 5.41) is 0. The van der Waals surface area contributed by atoms with Crippen LogP contribution in [0.4, 0.5) is 10.1 Å². The minimum atomic E-state index is -0.552. The number of carbonyl (C=O) groups is 1. The van der Waals surface area contributed by atoms with E-state index in [1.54, 1.807) is 0 Å². The number of hydrogen-bond acceptors (Lipinski definition) is 3. The molecular weight excluding hydrogens is 161 g/mol. The van der Waals surface area contributed by atoms with Crippen LogP contribution >= 0.6 is 0 Å². The van der Waals surface area contributed by atoms with Gasteiger partial charge in [0.15, 0.2) is 6.61 Å². The lowest BCUT2D eigenvalue weighted by atomic mass is 10.1. The molecule has 1 aromatic carbocycles. The van der Waals surface area contributed by atoms with E-state index in [1.807, 2.05) is 0 Å². The van der Waals surface area contributed by atoms with E-state index in [2.05, 4.69) is 0 Å². The molecule has 0 spiro atoms. The molecule has 0 saturated carbocycles. The molecule has 0 fully saturated rings. The van der Waals surface area contributed by atoms with E-state index in [-0.39, 0.29) is 23.8 Å². The van der Waals surface area contributed by atoms with Crippen LogP contribution in [0.25, 0.3) is 0 Å². The van der Waals surface area contributed by atoms with Crippen molar-refractivity contribution < 1.29 is 13.9 Å². The van der Waals surface area contributed by atoms with Crippen LogP contribution in [0.15, 0.2) is 12.1 Å². The number of hydrogen-bond donors (Lipinski definition) is 1. The number of rotatable bonds is 0. The molecule has 0 saturated heterocycles. The summed E-state index contributed by atoms with van der Waals surface area (Å²) >= 11 is 0. The van der Waals surface area contributed by atoms with Crippen molar-refractivity contribution in [2.24, 2.45) is 0 Å². The van der Waals surface area contributed by atoms with E-state index in [0.29, 0.717) is 5.56 Å². The molecule has 1 aliphatic rings. The van der Waals surface area contributed by atoms with Crippen LogP contribution in [0.5, 0.6) is 5.75 Å². The van der Waals surface area contributed by atoms with Gasteiger partial charge >= 0.3 is 0 Å². The molecule has 0 unspecified atom stereocenters. The summed E-state index contributed by atoms with van der Waals surface area (Å²) in [6.45, 7) is -0.0156. The Hall–Kier alpha value is -1.58. The number of fused-ring (bicyclic) bond motifs is 1. The van der Waals surface area contributed by atoms with Crippen molar-refractivity contribution in [3.63, 3.8) is 0 Å². The van der Waals surface area contributed by atoms with Crippen LogP contribution in [0, 0.1) is 5.82 Å². The zero-order chi connectivity index (χ0) is 8.72. The summed E-state index contributed by atoms with van der Waals surface area (Å²) < 4.78 is 17.7. The smallest absolute Gasteiger partial charge is 0.204 e. The highest BCUT2D eigenvalue weighted by Gasteiger charge is 2.22. The normalized spacial score (nSPS) is 14.2. The van der Waals surface area contributed by atoms with Crippen LogP contribution in [0.1, 0.15) is 10.4 Å². The molecule has 2 N–H and O–H groups in total. The van der Waals surface area contributed by atoms with Gasteiger partial charge in [0.1, 0.15) is 11.6 Å². The standard InChI is InChI=1S/C8H6FNO2/c9-5-2-8-4(1-6(5)10)7(11)3-12-8/h1-2H,3,10H2. The first-order chi connectivity index (χ1) is 5.68. The number of nitrogen functional groups attached to an aromatic ring is 1. The van der Waals surface area contributed by atoms with E-state index in [1.165, 1.54) is 6.07 Å². The van der Waals surface area contributed by atoms with E-state index in [0.717, 1.165) is 6.07 Å². The molecule has 0 bridgehead atoms. The van der Waals surface area contributed by atoms with E-state index >= 15 is 0 Å². The fourth-order valence-electron chi connectivity index (χ4n) is 1.13. The van der Waals surface area contributed by atoms with Gasteiger partial charge in [-0.05, 0) is 6.07 Å². The van der Waals surface area contributed by atoms with E-state index in [4.69, 9.17) is 10.5 Å². The van der Waals surface area contributed by atoms with Crippen LogP contribution in [-0.4, -0.2) is 12.4 Å². The lowest BCUT2D eigenvalue weighted by Gasteiger charge is -1.99. The Morgan fingerprint density at radius 2 is 2.25 bits per heavy atom. The molecule has 0 atom stereocenters. The summed E-state index contributed by atoms with van der Waals surface area (Å²) in [6, 6.07) is 2.44. The van der Waals surface area contributed by atoms with Crippen molar-refractivity contribution in [3.8, 4) is 5.75 Å². The Bertz CT molecular complexity index is 362. The summed E-state index contributed by atoms with van der Waals surface area (Å²) in [7, 11) is 0. The molecule has 2 rings (SSSR count). The number of anilines is 1. The zero-order valence-corrected chi connectivity index (χ0v) is 6.13. The molecule has 62 valence electrons. The topological polar surface area (TPSA) is 52.3 Å². The second-order valence-electron chi connectivity index (χ2n) is 2.58. The Labute approximate surface area is 67.9 Å². The number of benzene rings is 1. The molecule has 1 heterocycles. The molecule has 4 heteroatoms. The SMILES string of the molecule is Nc1cc2c(cc1F)OCC2=O. The first-order valence-corrected chi connectivity index (χ1v) is 3.43. The summed E-state index contributed by atoms with van der Waals surface area (Å²) in [5.41, 5.74) is 5.62. The van der Waals surface area contributed by atoms with Crippen LogP contribution < -0.4 is 10.5 Å². The third-order valence-corrected chi connectivity index (χ3v) is 1.76. The number of ether oxygens (including phenoxy) is 1. The predicted molar refractivity (Wildman–Crippen MR) is 40.6 cm³/mol. The molecule has 1 aliphatic heterocycles. The Morgan fingerprint density at radius 1 is 1.50 bits per heavy atom. The van der Waals surface area contributed by atoms with Gasteiger partial charge in [-0.2, -0.15) is 0 Å². The Balaban J connectivity index is 2.63. The van der Waals surface area contributed by atoms with Gasteiger partial charge in [-0.3, -0.25) is 4.79 Å². The molecule has 0 amide bonds. The van der Waals surface area contributed by atoms with Gasteiger partial charge in [0.2, 0.25) is 5.78 Å². The maximum Gasteiger partial charge on any atom is 0.204 e. The molecule has 12 heavy (non-hydrogen) atoms. The Morgan fingerprint density at radius 3 is 3.00 bits per heavy atom. The average Bonchev–Trinajstić information content (AvgIpc) is 2.35. The fourth-order valence-corrected chi connectivity index (χ4v) is 1.13. The second-order valence-corrected chi connectivity index (χ2v) is 2.58. The molecular formula is C8H6FNO2. The third kappa shape index (κ3) is 0.845. The van der Waals surface area contributed by atoms with Gasteiger partial charge in [-0.15, -0.1) is 0 Å². The third-order valence-electron chi connectivity index (χ3n) is 1.76. The quantitative estimate of drug-likeness (QED) is 0.586. The first kappa shape index (κ1) is 7.09. The first-order valence-electron chi connectivity index (χ1n) is 3.43. The summed E-state index contributed by atoms with van der Waals surface area (Å²) in [5.74, 6) is -0.424. The molecule has 3 nitrogen and oxygen atoms in total. The second kappa shape index (κ2) is 2.20. The monoisotopic (exact) mass is 167 g/mol. The van der Waals surface area contributed by atoms with E-state index in [9.17, 15) is 9.18 Å². The minimum absolute atomic E-state index is 0.0156. The Kier molecular flexibility index (Phi) is 1.30. The maximum atomic E-state index is 12.8. The zero-order valence-electron chi connectivity index (χ0n) is 6.13. The number of halogens is 1. The predicted octanol–water partition coefficient (Wildman–Crippen LogP) is 0.983. The van der Waals surface area contributed by atoms with Crippen molar-refractivity contribution in [1.82, 2.24) is 0 Å². The minimum Gasteiger partial charge on any atom is -0.485 e. The highest BCUT2D eigenvalue weighted by Crippen LogP contribution is 2.28. The number of Topliss-reactive ketones (excluding diaryl/α,β-unsaturated/α-hetero) is 1. The van der Waals surface area contributed by atoms with Crippen LogP contribution in [-0.2, 0) is 0 Å². The number of nitrogens with two attached hydrogens (primary N) is 1. The van der Waals surface area contributed by atoms with Crippen LogP contribution in [0.2, 0.25) is 0 Å². The highest BCUT2D eigenvalue weighted by molar-refractivity contribution is 6.02. The molecule has 0 radical (unpaired) electrons. The summed E-state index contributed by atoms with van der Waals surface area (Å²) in [4.78, 5) is 11.0. The van der Waals surface area contributed by atoms with Gasteiger partial charge < -0.3 is 10.5 Å². The highest BCUT2D eigenvalue weighted by atomic mass is 19.1. The maximum absolute atomic E-state index is 12.8. The summed E-state index contributed by atoms with van der Waals surface area (Å²) in [6.07, 6.45) is 0.